The highest BCUT2D eigenvalue weighted by atomic mass is 32.2. The Hall–Kier alpha value is -1.11. The van der Waals surface area contributed by atoms with Crippen molar-refractivity contribution < 1.29 is 18.3 Å². The van der Waals surface area contributed by atoms with Crippen molar-refractivity contribution in [2.24, 2.45) is 0 Å². The van der Waals surface area contributed by atoms with E-state index in [-0.39, 0.29) is 12.4 Å². The van der Waals surface area contributed by atoms with Crippen LogP contribution in [0.25, 0.3) is 0 Å². The van der Waals surface area contributed by atoms with Crippen LogP contribution in [0.15, 0.2) is 24.3 Å². The van der Waals surface area contributed by atoms with Crippen molar-refractivity contribution in [3.63, 3.8) is 0 Å². The highest BCUT2D eigenvalue weighted by Crippen LogP contribution is 2.14. The molecule has 0 aliphatic rings. The molecule has 0 unspecified atom stereocenters. The maximum absolute atomic E-state index is 11.8. The molecule has 0 heterocycles. The molecule has 6 heteroatoms. The summed E-state index contributed by atoms with van der Waals surface area (Å²) in [7, 11) is -1.78. The van der Waals surface area contributed by atoms with Crippen LogP contribution in [-0.4, -0.2) is 39.6 Å². The third-order valence-corrected chi connectivity index (χ3v) is 3.96. The Kier molecular flexibility index (Phi) is 6.83. The van der Waals surface area contributed by atoms with E-state index in [0.717, 1.165) is 12.0 Å². The van der Waals surface area contributed by atoms with Crippen molar-refractivity contribution >= 4 is 15.7 Å². The van der Waals surface area contributed by atoms with Gasteiger partial charge in [0.15, 0.2) is 0 Å². The predicted octanol–water partition coefficient (Wildman–Crippen LogP) is 1.39. The third kappa shape index (κ3) is 6.56. The minimum atomic E-state index is -3.32. The maximum atomic E-state index is 11.8. The van der Waals surface area contributed by atoms with Crippen LogP contribution >= 0.6 is 0 Å². The number of ether oxygens (including phenoxy) is 1. The quantitative estimate of drug-likeness (QED) is 0.673. The van der Waals surface area contributed by atoms with Gasteiger partial charge >= 0.3 is 0 Å². The van der Waals surface area contributed by atoms with Crippen molar-refractivity contribution in [3.05, 3.63) is 29.8 Å². The summed E-state index contributed by atoms with van der Waals surface area (Å²) in [5.41, 5.74) is 1.57. The van der Waals surface area contributed by atoms with Crippen molar-refractivity contribution in [3.8, 4) is 0 Å². The van der Waals surface area contributed by atoms with Crippen LogP contribution in [0, 0.1) is 0 Å². The zero-order valence-electron chi connectivity index (χ0n) is 11.1. The van der Waals surface area contributed by atoms with Crippen LogP contribution in [0.4, 0.5) is 5.69 Å². The first kappa shape index (κ1) is 15.9. The molecule has 0 atom stereocenters. The summed E-state index contributed by atoms with van der Waals surface area (Å²) in [5.74, 6) is 0.0434. The van der Waals surface area contributed by atoms with Crippen LogP contribution in [0.3, 0.4) is 0 Å². The number of aliphatic hydroxyl groups is 1. The zero-order valence-corrected chi connectivity index (χ0v) is 11.9. The van der Waals surface area contributed by atoms with E-state index in [1.807, 2.05) is 6.07 Å². The fourth-order valence-electron chi connectivity index (χ4n) is 1.70. The van der Waals surface area contributed by atoms with Crippen molar-refractivity contribution in [2.45, 2.75) is 19.3 Å². The molecule has 0 aliphatic carbocycles. The molecule has 1 aromatic carbocycles. The number of aryl methyl sites for hydroxylation is 1. The topological polar surface area (TPSA) is 75.6 Å². The Balaban J connectivity index is 2.60. The van der Waals surface area contributed by atoms with Gasteiger partial charge in [-0.3, -0.25) is 4.72 Å². The molecule has 0 saturated heterocycles. The Bertz CT molecular complexity index is 473. The number of rotatable bonds is 9. The Morgan fingerprint density at radius 2 is 2.11 bits per heavy atom. The molecule has 0 aliphatic heterocycles. The molecule has 2 N–H and O–H groups in total. The number of nitrogens with one attached hydrogen (secondary N) is 1. The van der Waals surface area contributed by atoms with Crippen LogP contribution in [0.5, 0.6) is 0 Å². The fourth-order valence-corrected chi connectivity index (χ4v) is 2.78. The molecule has 0 amide bonds. The molecule has 19 heavy (non-hydrogen) atoms. The lowest BCUT2D eigenvalue weighted by molar-refractivity contribution is 0.199. The highest BCUT2D eigenvalue weighted by molar-refractivity contribution is 7.92. The molecule has 0 radical (unpaired) electrons. The minimum Gasteiger partial charge on any atom is -0.396 e. The first-order valence-electron chi connectivity index (χ1n) is 6.26. The van der Waals surface area contributed by atoms with Gasteiger partial charge in [-0.2, -0.15) is 0 Å². The molecule has 0 saturated carbocycles. The molecule has 0 bridgehead atoms. The number of sulfonamides is 1. The summed E-state index contributed by atoms with van der Waals surface area (Å²) >= 11 is 0. The number of aliphatic hydroxyl groups excluding tert-OH is 1. The zero-order chi connectivity index (χ0) is 14.1. The van der Waals surface area contributed by atoms with Gasteiger partial charge in [0, 0.05) is 26.0 Å². The second-order valence-electron chi connectivity index (χ2n) is 4.29. The lowest BCUT2D eigenvalue weighted by atomic mass is 10.1. The Morgan fingerprint density at radius 1 is 1.32 bits per heavy atom. The van der Waals surface area contributed by atoms with E-state index in [0.29, 0.717) is 25.1 Å². The van der Waals surface area contributed by atoms with Crippen molar-refractivity contribution in [2.75, 3.05) is 30.8 Å². The number of hydrogen-bond acceptors (Lipinski definition) is 4. The fraction of sp³-hybridized carbons (Fsp3) is 0.538. The number of anilines is 1. The van der Waals surface area contributed by atoms with Gasteiger partial charge in [0.2, 0.25) is 10.0 Å². The minimum absolute atomic E-state index is 0.0434. The molecule has 108 valence electrons. The Morgan fingerprint density at radius 3 is 2.79 bits per heavy atom. The molecular formula is C13H21NO4S. The van der Waals surface area contributed by atoms with Gasteiger partial charge in [-0.1, -0.05) is 12.1 Å². The largest absolute Gasteiger partial charge is 0.396 e. The predicted molar refractivity (Wildman–Crippen MR) is 75.8 cm³/mol. The molecule has 5 nitrogen and oxygen atoms in total. The van der Waals surface area contributed by atoms with Crippen molar-refractivity contribution in [1.29, 1.82) is 0 Å². The second-order valence-corrected chi connectivity index (χ2v) is 6.14. The van der Waals surface area contributed by atoms with Gasteiger partial charge in [0.25, 0.3) is 0 Å². The maximum Gasteiger partial charge on any atom is 0.232 e. The summed E-state index contributed by atoms with van der Waals surface area (Å²) in [4.78, 5) is 0. The molecule has 0 aromatic heterocycles. The second kappa shape index (κ2) is 8.14. The molecule has 0 spiro atoms. The van der Waals surface area contributed by atoms with Crippen LogP contribution in [0.1, 0.15) is 18.4 Å². The lowest BCUT2D eigenvalue weighted by Gasteiger charge is -2.09. The SMILES string of the molecule is COCCCS(=O)(=O)Nc1cccc(CCCO)c1. The van der Waals surface area contributed by atoms with Gasteiger partial charge < -0.3 is 9.84 Å². The summed E-state index contributed by atoms with van der Waals surface area (Å²) in [6, 6.07) is 7.23. The summed E-state index contributed by atoms with van der Waals surface area (Å²) < 4.78 is 31.0. The van der Waals surface area contributed by atoms with Gasteiger partial charge in [-0.25, -0.2) is 8.42 Å². The normalized spacial score (nSPS) is 11.5. The standard InChI is InChI=1S/C13H21NO4S/c1-18-9-4-10-19(16,17)14-13-7-2-5-12(11-13)6-3-8-15/h2,5,7,11,14-15H,3-4,6,8-10H2,1H3. The summed E-state index contributed by atoms with van der Waals surface area (Å²) in [6.45, 7) is 0.560. The van der Waals surface area contributed by atoms with E-state index in [1.54, 1.807) is 25.3 Å². The average molecular weight is 287 g/mol. The first-order chi connectivity index (χ1) is 9.07. The van der Waals surface area contributed by atoms with E-state index in [4.69, 9.17) is 9.84 Å². The monoisotopic (exact) mass is 287 g/mol. The van der Waals surface area contributed by atoms with Gasteiger partial charge in [0.1, 0.15) is 0 Å². The van der Waals surface area contributed by atoms with Crippen LogP contribution < -0.4 is 4.72 Å². The first-order valence-corrected chi connectivity index (χ1v) is 7.92. The van der Waals surface area contributed by atoms with Crippen LogP contribution in [0.2, 0.25) is 0 Å². The lowest BCUT2D eigenvalue weighted by Crippen LogP contribution is -2.17. The van der Waals surface area contributed by atoms with Crippen molar-refractivity contribution in [1.82, 2.24) is 0 Å². The van der Waals surface area contributed by atoms with E-state index in [1.165, 1.54) is 0 Å². The smallest absolute Gasteiger partial charge is 0.232 e. The van der Waals surface area contributed by atoms with Crippen LogP contribution in [-0.2, 0) is 21.2 Å². The van der Waals surface area contributed by atoms with Gasteiger partial charge in [0.05, 0.1) is 5.75 Å². The molecule has 1 aromatic rings. The average Bonchev–Trinajstić information content (AvgIpc) is 2.36. The van der Waals surface area contributed by atoms with E-state index in [9.17, 15) is 8.42 Å². The summed E-state index contributed by atoms with van der Waals surface area (Å²) in [6.07, 6.45) is 1.87. The number of hydrogen-bond donors (Lipinski definition) is 2. The molecule has 1 rings (SSSR count). The molecular weight excluding hydrogens is 266 g/mol. The van der Waals surface area contributed by atoms with E-state index in [2.05, 4.69) is 4.72 Å². The third-order valence-electron chi connectivity index (χ3n) is 2.59. The van der Waals surface area contributed by atoms with E-state index < -0.39 is 10.0 Å². The van der Waals surface area contributed by atoms with Gasteiger partial charge in [-0.15, -0.1) is 0 Å². The highest BCUT2D eigenvalue weighted by Gasteiger charge is 2.10. The number of benzene rings is 1. The Labute approximate surface area is 114 Å². The molecule has 0 fully saturated rings. The summed E-state index contributed by atoms with van der Waals surface area (Å²) in [5, 5.41) is 8.78. The van der Waals surface area contributed by atoms with Gasteiger partial charge in [-0.05, 0) is 37.0 Å². The van der Waals surface area contributed by atoms with E-state index >= 15 is 0 Å². The number of methoxy groups -OCH3 is 1.